The molecule has 3 rings (SSSR count). The minimum atomic E-state index is 0.0917. The lowest BCUT2D eigenvalue weighted by Crippen LogP contribution is -2.51. The third kappa shape index (κ3) is 2.44. The molecule has 2 saturated heterocycles. The second-order valence-corrected chi connectivity index (χ2v) is 6.47. The summed E-state index contributed by atoms with van der Waals surface area (Å²) in [7, 11) is 0. The van der Waals surface area contributed by atoms with Crippen molar-refractivity contribution in [2.75, 3.05) is 19.8 Å². The summed E-state index contributed by atoms with van der Waals surface area (Å²) >= 11 is 0. The van der Waals surface area contributed by atoms with E-state index in [4.69, 9.17) is 15.3 Å². The summed E-state index contributed by atoms with van der Waals surface area (Å²) in [6, 6.07) is 0.489. The second kappa shape index (κ2) is 5.08. The highest BCUT2D eigenvalue weighted by molar-refractivity contribution is 4.99. The minimum Gasteiger partial charge on any atom is -0.381 e. The van der Waals surface area contributed by atoms with Crippen LogP contribution in [-0.4, -0.2) is 31.5 Å². The van der Waals surface area contributed by atoms with Crippen molar-refractivity contribution in [1.29, 1.82) is 0 Å². The first-order chi connectivity index (χ1) is 8.74. The molecule has 3 fully saturated rings. The molecular weight excluding hydrogens is 228 g/mol. The molecule has 2 aliphatic heterocycles. The fraction of sp³-hybridized carbons (Fsp3) is 1.00. The number of rotatable bonds is 3. The number of hydrazine groups is 1. The normalized spacial score (nSPS) is 40.7. The Kier molecular flexibility index (Phi) is 3.63. The van der Waals surface area contributed by atoms with Crippen LogP contribution < -0.4 is 11.3 Å². The number of hydrogen-bond donors (Lipinski definition) is 2. The Balaban J connectivity index is 1.65. The third-order valence-electron chi connectivity index (χ3n) is 5.27. The molecular formula is C14H26N2O2. The molecule has 4 nitrogen and oxygen atoms in total. The zero-order valence-corrected chi connectivity index (χ0v) is 11.4. The molecule has 104 valence electrons. The molecule has 4 unspecified atom stereocenters. The summed E-state index contributed by atoms with van der Waals surface area (Å²) in [5, 5.41) is 0. The smallest absolute Gasteiger partial charge is 0.0729 e. The number of nitrogens with one attached hydrogen (secondary N) is 1. The largest absolute Gasteiger partial charge is 0.381 e. The van der Waals surface area contributed by atoms with E-state index in [1.165, 1.54) is 6.42 Å². The quantitative estimate of drug-likeness (QED) is 0.591. The Morgan fingerprint density at radius 2 is 2.00 bits per heavy atom. The topological polar surface area (TPSA) is 56.5 Å². The van der Waals surface area contributed by atoms with Gasteiger partial charge in [0.15, 0.2) is 0 Å². The average Bonchev–Trinajstić information content (AvgIpc) is 3.08. The molecule has 0 aromatic carbocycles. The van der Waals surface area contributed by atoms with Crippen molar-refractivity contribution in [3.8, 4) is 0 Å². The maximum absolute atomic E-state index is 6.11. The van der Waals surface area contributed by atoms with Crippen LogP contribution in [0.1, 0.15) is 39.0 Å². The van der Waals surface area contributed by atoms with E-state index in [1.807, 2.05) is 0 Å². The third-order valence-corrected chi connectivity index (χ3v) is 5.27. The van der Waals surface area contributed by atoms with Crippen molar-refractivity contribution in [2.45, 2.75) is 50.7 Å². The van der Waals surface area contributed by atoms with Crippen LogP contribution in [0, 0.1) is 17.8 Å². The van der Waals surface area contributed by atoms with Crippen molar-refractivity contribution >= 4 is 0 Å². The van der Waals surface area contributed by atoms with E-state index in [0.29, 0.717) is 12.0 Å². The van der Waals surface area contributed by atoms with Crippen LogP contribution in [0.15, 0.2) is 0 Å². The lowest BCUT2D eigenvalue weighted by molar-refractivity contribution is -0.151. The number of hydrogen-bond acceptors (Lipinski definition) is 4. The van der Waals surface area contributed by atoms with Gasteiger partial charge in [-0.3, -0.25) is 11.3 Å². The highest BCUT2D eigenvalue weighted by Crippen LogP contribution is 2.47. The lowest BCUT2D eigenvalue weighted by Gasteiger charge is -2.45. The van der Waals surface area contributed by atoms with Crippen LogP contribution in [0.4, 0.5) is 0 Å². The Bertz CT molecular complexity index is 286. The van der Waals surface area contributed by atoms with Crippen LogP contribution in [0.25, 0.3) is 0 Å². The Morgan fingerprint density at radius 3 is 2.61 bits per heavy atom. The van der Waals surface area contributed by atoms with Crippen LogP contribution in [0.2, 0.25) is 0 Å². The fourth-order valence-electron chi connectivity index (χ4n) is 3.92. The van der Waals surface area contributed by atoms with Crippen LogP contribution in [-0.2, 0) is 9.47 Å². The van der Waals surface area contributed by atoms with Gasteiger partial charge in [0, 0.05) is 25.9 Å². The first kappa shape index (κ1) is 12.9. The molecule has 4 heteroatoms. The monoisotopic (exact) mass is 254 g/mol. The molecule has 3 N–H and O–H groups in total. The van der Waals surface area contributed by atoms with E-state index in [2.05, 4.69) is 12.3 Å². The summed E-state index contributed by atoms with van der Waals surface area (Å²) in [6.07, 6.45) is 5.76. The number of nitrogens with two attached hydrogens (primary N) is 1. The average molecular weight is 254 g/mol. The molecule has 2 heterocycles. The SMILES string of the molecule is CC1CC1C(NN)C1CCOC2(CCOCC2)C1. The standard InChI is InChI=1S/C14H26N2O2/c1-10-8-12(10)13(16-15)11-2-5-18-14(9-11)3-6-17-7-4-14/h10-13,16H,2-9,15H2,1H3. The van der Waals surface area contributed by atoms with E-state index in [1.54, 1.807) is 0 Å². The first-order valence-electron chi connectivity index (χ1n) is 7.42. The van der Waals surface area contributed by atoms with Crippen molar-refractivity contribution in [2.24, 2.45) is 23.6 Å². The second-order valence-electron chi connectivity index (χ2n) is 6.47. The van der Waals surface area contributed by atoms with Gasteiger partial charge in [-0.1, -0.05) is 6.92 Å². The maximum Gasteiger partial charge on any atom is 0.0729 e. The van der Waals surface area contributed by atoms with E-state index in [0.717, 1.165) is 57.3 Å². The van der Waals surface area contributed by atoms with Gasteiger partial charge in [0.05, 0.1) is 5.60 Å². The molecule has 1 spiro atoms. The van der Waals surface area contributed by atoms with E-state index in [-0.39, 0.29) is 5.60 Å². The summed E-state index contributed by atoms with van der Waals surface area (Å²) in [6.45, 7) is 4.93. The van der Waals surface area contributed by atoms with Crippen LogP contribution in [0.5, 0.6) is 0 Å². The van der Waals surface area contributed by atoms with E-state index >= 15 is 0 Å². The van der Waals surface area contributed by atoms with Gasteiger partial charge in [-0.25, -0.2) is 0 Å². The zero-order valence-electron chi connectivity index (χ0n) is 11.4. The summed E-state index contributed by atoms with van der Waals surface area (Å²) in [4.78, 5) is 0. The van der Waals surface area contributed by atoms with Crippen LogP contribution >= 0.6 is 0 Å². The zero-order chi connectivity index (χ0) is 12.6. The lowest BCUT2D eigenvalue weighted by atomic mass is 9.76. The van der Waals surface area contributed by atoms with Gasteiger partial charge in [0.1, 0.15) is 0 Å². The van der Waals surface area contributed by atoms with Crippen molar-refractivity contribution in [3.63, 3.8) is 0 Å². The molecule has 0 radical (unpaired) electrons. The Morgan fingerprint density at radius 1 is 1.28 bits per heavy atom. The van der Waals surface area contributed by atoms with Crippen molar-refractivity contribution < 1.29 is 9.47 Å². The van der Waals surface area contributed by atoms with Gasteiger partial charge in [-0.05, 0) is 49.9 Å². The molecule has 0 aromatic heterocycles. The number of ether oxygens (including phenoxy) is 2. The molecule has 4 atom stereocenters. The molecule has 1 saturated carbocycles. The van der Waals surface area contributed by atoms with Gasteiger partial charge in [0.2, 0.25) is 0 Å². The molecule has 0 bridgehead atoms. The maximum atomic E-state index is 6.11. The summed E-state index contributed by atoms with van der Waals surface area (Å²) in [5.74, 6) is 8.12. The summed E-state index contributed by atoms with van der Waals surface area (Å²) < 4.78 is 11.6. The fourth-order valence-corrected chi connectivity index (χ4v) is 3.92. The molecule has 0 amide bonds. The van der Waals surface area contributed by atoms with E-state index < -0.39 is 0 Å². The molecule has 0 aromatic rings. The minimum absolute atomic E-state index is 0.0917. The van der Waals surface area contributed by atoms with Gasteiger partial charge in [-0.15, -0.1) is 0 Å². The summed E-state index contributed by atoms with van der Waals surface area (Å²) in [5.41, 5.74) is 3.19. The van der Waals surface area contributed by atoms with Gasteiger partial charge in [-0.2, -0.15) is 0 Å². The van der Waals surface area contributed by atoms with E-state index in [9.17, 15) is 0 Å². The van der Waals surface area contributed by atoms with Crippen LogP contribution in [0.3, 0.4) is 0 Å². The molecule has 18 heavy (non-hydrogen) atoms. The van der Waals surface area contributed by atoms with Crippen molar-refractivity contribution in [3.05, 3.63) is 0 Å². The van der Waals surface area contributed by atoms with Gasteiger partial charge >= 0.3 is 0 Å². The highest BCUT2D eigenvalue weighted by atomic mass is 16.5. The predicted octanol–water partition coefficient (Wildman–Crippen LogP) is 1.45. The highest BCUT2D eigenvalue weighted by Gasteiger charge is 2.47. The Hall–Kier alpha value is -0.160. The Labute approximate surface area is 110 Å². The predicted molar refractivity (Wildman–Crippen MR) is 69.8 cm³/mol. The van der Waals surface area contributed by atoms with Gasteiger partial charge < -0.3 is 9.47 Å². The van der Waals surface area contributed by atoms with Crippen molar-refractivity contribution in [1.82, 2.24) is 5.43 Å². The molecule has 1 aliphatic carbocycles. The van der Waals surface area contributed by atoms with Gasteiger partial charge in [0.25, 0.3) is 0 Å². The first-order valence-corrected chi connectivity index (χ1v) is 7.42. The molecule has 3 aliphatic rings.